The lowest BCUT2D eigenvalue weighted by atomic mass is 10.2. The van der Waals surface area contributed by atoms with E-state index < -0.39 is 0 Å². The molecule has 0 aromatic carbocycles. The second kappa shape index (κ2) is 6.77. The zero-order chi connectivity index (χ0) is 17.1. The number of anilines is 1. The molecule has 0 aliphatic rings. The summed E-state index contributed by atoms with van der Waals surface area (Å²) in [5.41, 5.74) is 3.00. The van der Waals surface area contributed by atoms with Crippen molar-refractivity contribution in [1.29, 1.82) is 0 Å². The van der Waals surface area contributed by atoms with Crippen molar-refractivity contribution in [2.75, 3.05) is 5.32 Å². The summed E-state index contributed by atoms with van der Waals surface area (Å²) in [6, 6.07) is 1.86. The van der Waals surface area contributed by atoms with Gasteiger partial charge in [0.15, 0.2) is 5.82 Å². The Hall–Kier alpha value is -2.77. The zero-order valence-electron chi connectivity index (χ0n) is 14.4. The molecule has 0 spiro atoms. The highest BCUT2D eigenvalue weighted by Crippen LogP contribution is 2.23. The van der Waals surface area contributed by atoms with Crippen LogP contribution < -0.4 is 5.32 Å². The number of hydrogen-bond donors (Lipinski definition) is 1. The molecule has 0 fully saturated rings. The molecule has 0 aliphatic heterocycles. The first kappa shape index (κ1) is 16.1. The van der Waals surface area contributed by atoms with Gasteiger partial charge in [0, 0.05) is 31.0 Å². The van der Waals surface area contributed by atoms with Crippen LogP contribution in [0.4, 0.5) is 5.95 Å². The molecule has 1 unspecified atom stereocenters. The first-order valence-corrected chi connectivity index (χ1v) is 8.06. The molecule has 8 nitrogen and oxygen atoms in total. The minimum absolute atomic E-state index is 0.0448. The van der Waals surface area contributed by atoms with Gasteiger partial charge >= 0.3 is 0 Å². The Morgan fingerprint density at radius 1 is 1.33 bits per heavy atom. The van der Waals surface area contributed by atoms with Gasteiger partial charge in [-0.2, -0.15) is 5.10 Å². The minimum Gasteiger partial charge on any atom is -0.344 e. The van der Waals surface area contributed by atoms with Gasteiger partial charge in [0.05, 0.1) is 17.9 Å². The van der Waals surface area contributed by atoms with Crippen LogP contribution in [0.25, 0.3) is 11.3 Å². The second-order valence-corrected chi connectivity index (χ2v) is 5.80. The van der Waals surface area contributed by atoms with Gasteiger partial charge in [0.25, 0.3) is 0 Å². The normalized spacial score (nSPS) is 12.3. The molecule has 0 saturated carbocycles. The molecule has 1 N–H and O–H groups in total. The van der Waals surface area contributed by atoms with Crippen LogP contribution >= 0.6 is 0 Å². The van der Waals surface area contributed by atoms with E-state index in [9.17, 15) is 0 Å². The third-order valence-corrected chi connectivity index (χ3v) is 3.95. The van der Waals surface area contributed by atoms with Crippen molar-refractivity contribution in [3.05, 3.63) is 36.3 Å². The number of hydrogen-bond acceptors (Lipinski definition) is 6. The Bertz CT molecular complexity index is 819. The predicted octanol–water partition coefficient (Wildman–Crippen LogP) is 2.36. The second-order valence-electron chi connectivity index (χ2n) is 5.80. The summed E-state index contributed by atoms with van der Waals surface area (Å²) in [5, 5.41) is 15.7. The van der Waals surface area contributed by atoms with Crippen molar-refractivity contribution < 1.29 is 0 Å². The van der Waals surface area contributed by atoms with Gasteiger partial charge in [-0.15, -0.1) is 10.2 Å². The maximum absolute atomic E-state index is 4.62. The third-order valence-electron chi connectivity index (χ3n) is 3.95. The van der Waals surface area contributed by atoms with E-state index in [-0.39, 0.29) is 6.04 Å². The first-order valence-electron chi connectivity index (χ1n) is 8.06. The quantitative estimate of drug-likeness (QED) is 0.748. The number of aryl methyl sites for hydroxylation is 2. The summed E-state index contributed by atoms with van der Waals surface area (Å²) >= 11 is 0. The maximum Gasteiger partial charge on any atom is 0.223 e. The summed E-state index contributed by atoms with van der Waals surface area (Å²) in [5.74, 6) is 1.39. The smallest absolute Gasteiger partial charge is 0.223 e. The van der Waals surface area contributed by atoms with Crippen LogP contribution in [0.2, 0.25) is 0 Å². The molecule has 0 radical (unpaired) electrons. The molecular weight excluding hydrogens is 304 g/mol. The average Bonchev–Trinajstić information content (AvgIpc) is 3.15. The van der Waals surface area contributed by atoms with Crippen molar-refractivity contribution in [2.24, 2.45) is 7.05 Å². The van der Waals surface area contributed by atoms with E-state index in [2.05, 4.69) is 44.4 Å². The topological polar surface area (TPSA) is 86.3 Å². The summed E-state index contributed by atoms with van der Waals surface area (Å²) in [6.07, 6.45) is 6.35. The Balaban J connectivity index is 1.83. The third kappa shape index (κ3) is 3.12. The van der Waals surface area contributed by atoms with Crippen LogP contribution in [-0.2, 0) is 13.6 Å². The zero-order valence-corrected chi connectivity index (χ0v) is 14.4. The van der Waals surface area contributed by atoms with E-state index in [4.69, 9.17) is 0 Å². The van der Waals surface area contributed by atoms with Crippen molar-refractivity contribution in [3.8, 4) is 11.3 Å². The molecule has 1 atom stereocenters. The molecule has 3 aromatic rings. The molecule has 24 heavy (non-hydrogen) atoms. The number of aromatic nitrogens is 7. The largest absolute Gasteiger partial charge is 0.344 e. The highest BCUT2D eigenvalue weighted by molar-refractivity contribution is 5.61. The molecule has 0 aliphatic carbocycles. The van der Waals surface area contributed by atoms with Crippen LogP contribution in [-0.4, -0.2) is 34.5 Å². The number of nitrogens with zero attached hydrogens (tertiary/aromatic N) is 7. The molecule has 0 saturated heterocycles. The molecular formula is C16H22N8. The van der Waals surface area contributed by atoms with E-state index in [0.29, 0.717) is 5.95 Å². The molecule has 8 heteroatoms. The van der Waals surface area contributed by atoms with Crippen molar-refractivity contribution >= 4 is 5.95 Å². The summed E-state index contributed by atoms with van der Waals surface area (Å²) < 4.78 is 3.88. The lowest BCUT2D eigenvalue weighted by Gasteiger charge is -2.13. The van der Waals surface area contributed by atoms with Gasteiger partial charge in [-0.3, -0.25) is 4.68 Å². The minimum atomic E-state index is -0.0448. The Kier molecular flexibility index (Phi) is 4.54. The lowest BCUT2D eigenvalue weighted by molar-refractivity contribution is 0.587. The van der Waals surface area contributed by atoms with E-state index in [0.717, 1.165) is 35.7 Å². The fourth-order valence-corrected chi connectivity index (χ4v) is 2.66. The summed E-state index contributed by atoms with van der Waals surface area (Å²) in [7, 11) is 1.91. The van der Waals surface area contributed by atoms with Gasteiger partial charge in [0.1, 0.15) is 6.33 Å². The van der Waals surface area contributed by atoms with E-state index in [1.807, 2.05) is 35.5 Å². The standard InChI is InChI=1S/C16H22N8/c1-5-8-24-12(3)13(9-19-24)14-6-7-17-16(21-14)20-11(2)15-22-18-10-23(15)4/h6-7,9-11H,5,8H2,1-4H3,(H,17,20,21). The van der Waals surface area contributed by atoms with E-state index in [1.165, 1.54) is 0 Å². The van der Waals surface area contributed by atoms with Gasteiger partial charge in [0.2, 0.25) is 5.95 Å². The van der Waals surface area contributed by atoms with Gasteiger partial charge in [-0.1, -0.05) is 6.92 Å². The summed E-state index contributed by atoms with van der Waals surface area (Å²) in [4.78, 5) is 8.93. The van der Waals surface area contributed by atoms with Crippen LogP contribution in [0.5, 0.6) is 0 Å². The van der Waals surface area contributed by atoms with Gasteiger partial charge in [-0.05, 0) is 26.3 Å². The van der Waals surface area contributed by atoms with Crippen molar-refractivity contribution in [3.63, 3.8) is 0 Å². The van der Waals surface area contributed by atoms with Crippen LogP contribution in [0.1, 0.15) is 37.8 Å². The SMILES string of the molecule is CCCn1ncc(-c2ccnc(NC(C)c3nncn3C)n2)c1C. The van der Waals surface area contributed by atoms with Gasteiger partial charge < -0.3 is 9.88 Å². The van der Waals surface area contributed by atoms with Crippen LogP contribution in [0.15, 0.2) is 24.8 Å². The summed E-state index contributed by atoms with van der Waals surface area (Å²) in [6.45, 7) is 7.12. The van der Waals surface area contributed by atoms with Crippen LogP contribution in [0, 0.1) is 6.92 Å². The highest BCUT2D eigenvalue weighted by Gasteiger charge is 2.14. The molecule has 0 bridgehead atoms. The monoisotopic (exact) mass is 326 g/mol. The molecule has 126 valence electrons. The maximum atomic E-state index is 4.62. The fourth-order valence-electron chi connectivity index (χ4n) is 2.66. The molecule has 3 aromatic heterocycles. The number of nitrogens with one attached hydrogen (secondary N) is 1. The Morgan fingerprint density at radius 2 is 2.17 bits per heavy atom. The highest BCUT2D eigenvalue weighted by atomic mass is 15.3. The van der Waals surface area contributed by atoms with E-state index in [1.54, 1.807) is 12.5 Å². The lowest BCUT2D eigenvalue weighted by Crippen LogP contribution is -2.13. The molecule has 3 rings (SSSR count). The Morgan fingerprint density at radius 3 is 2.88 bits per heavy atom. The van der Waals surface area contributed by atoms with Crippen molar-refractivity contribution in [1.82, 2.24) is 34.5 Å². The first-order chi connectivity index (χ1) is 11.6. The fraction of sp³-hybridized carbons (Fsp3) is 0.438. The Labute approximate surface area is 141 Å². The predicted molar refractivity (Wildman–Crippen MR) is 91.3 cm³/mol. The van der Waals surface area contributed by atoms with Crippen LogP contribution in [0.3, 0.4) is 0 Å². The molecule has 3 heterocycles. The van der Waals surface area contributed by atoms with Gasteiger partial charge in [-0.25, -0.2) is 9.97 Å². The van der Waals surface area contributed by atoms with E-state index >= 15 is 0 Å². The molecule has 0 amide bonds. The van der Waals surface area contributed by atoms with Crippen molar-refractivity contribution in [2.45, 2.75) is 39.8 Å². The number of rotatable bonds is 6. The average molecular weight is 326 g/mol.